The van der Waals surface area contributed by atoms with E-state index in [-0.39, 0.29) is 10.6 Å². The maximum atomic E-state index is 12.6. The van der Waals surface area contributed by atoms with Crippen LogP contribution in [0.15, 0.2) is 72.8 Å². The van der Waals surface area contributed by atoms with Crippen molar-refractivity contribution in [2.75, 3.05) is 5.32 Å². The zero-order valence-corrected chi connectivity index (χ0v) is 16.5. The lowest BCUT2D eigenvalue weighted by molar-refractivity contribution is -0.123. The van der Waals surface area contributed by atoms with Crippen LogP contribution in [0.5, 0.6) is 0 Å². The van der Waals surface area contributed by atoms with Gasteiger partial charge in [-0.1, -0.05) is 71.7 Å². The molecule has 0 aliphatic heterocycles. The molecule has 1 atom stereocenters. The molecule has 1 N–H and O–H groups in total. The van der Waals surface area contributed by atoms with E-state index in [9.17, 15) is 9.59 Å². The third-order valence-electron chi connectivity index (χ3n) is 4.07. The Morgan fingerprint density at radius 2 is 1.61 bits per heavy atom. The zero-order chi connectivity index (χ0) is 20.1. The van der Waals surface area contributed by atoms with Gasteiger partial charge in [0.05, 0.1) is 10.6 Å². The Balaban J connectivity index is 1.73. The molecule has 0 radical (unpaired) electrons. The molecule has 0 aromatic heterocycles. The number of benzene rings is 3. The summed E-state index contributed by atoms with van der Waals surface area (Å²) in [6, 6.07) is 21.6. The summed E-state index contributed by atoms with van der Waals surface area (Å²) in [6.07, 6.45) is -1.02. The highest BCUT2D eigenvalue weighted by Crippen LogP contribution is 2.28. The summed E-state index contributed by atoms with van der Waals surface area (Å²) in [7, 11) is 0. The molecule has 1 unspecified atom stereocenters. The van der Waals surface area contributed by atoms with Crippen molar-refractivity contribution in [1.29, 1.82) is 0 Å². The lowest BCUT2D eigenvalue weighted by atomic mass is 10.0. The van der Waals surface area contributed by atoms with Gasteiger partial charge in [-0.25, -0.2) is 4.79 Å². The van der Waals surface area contributed by atoms with Crippen molar-refractivity contribution >= 4 is 40.8 Å². The topological polar surface area (TPSA) is 55.4 Å². The van der Waals surface area contributed by atoms with E-state index in [2.05, 4.69) is 5.32 Å². The number of ether oxygens (including phenoxy) is 1. The minimum absolute atomic E-state index is 0.110. The van der Waals surface area contributed by atoms with Gasteiger partial charge in [0.15, 0.2) is 6.10 Å². The maximum absolute atomic E-state index is 12.6. The first-order valence-corrected chi connectivity index (χ1v) is 9.32. The van der Waals surface area contributed by atoms with Gasteiger partial charge >= 0.3 is 5.97 Å². The molecular formula is C22H17Cl2NO3. The van der Waals surface area contributed by atoms with Gasteiger partial charge < -0.3 is 10.1 Å². The SMILES string of the molecule is CC(OC(=O)c1cc(Cl)ccc1Cl)C(=O)Nc1ccccc1-c1ccccc1. The molecule has 0 saturated carbocycles. The van der Waals surface area contributed by atoms with Crippen molar-refractivity contribution in [1.82, 2.24) is 0 Å². The minimum atomic E-state index is -1.02. The molecule has 3 aromatic rings. The fraction of sp³-hybridized carbons (Fsp3) is 0.0909. The first-order valence-electron chi connectivity index (χ1n) is 8.57. The average Bonchev–Trinajstić information content (AvgIpc) is 2.70. The second kappa shape index (κ2) is 8.91. The van der Waals surface area contributed by atoms with Crippen molar-refractivity contribution in [2.24, 2.45) is 0 Å². The van der Waals surface area contributed by atoms with Gasteiger partial charge in [0.2, 0.25) is 0 Å². The number of amides is 1. The molecule has 0 saturated heterocycles. The summed E-state index contributed by atoms with van der Waals surface area (Å²) in [5.41, 5.74) is 2.57. The highest BCUT2D eigenvalue weighted by molar-refractivity contribution is 6.35. The van der Waals surface area contributed by atoms with Crippen LogP contribution in [0.4, 0.5) is 5.69 Å². The second-order valence-corrected chi connectivity index (χ2v) is 6.92. The van der Waals surface area contributed by atoms with E-state index >= 15 is 0 Å². The number of carbonyl (C=O) groups excluding carboxylic acids is 2. The van der Waals surface area contributed by atoms with Gasteiger partial charge in [-0.2, -0.15) is 0 Å². The Morgan fingerprint density at radius 3 is 2.36 bits per heavy atom. The van der Waals surface area contributed by atoms with E-state index < -0.39 is 18.0 Å². The highest BCUT2D eigenvalue weighted by Gasteiger charge is 2.21. The summed E-state index contributed by atoms with van der Waals surface area (Å²) in [5.74, 6) is -1.17. The summed E-state index contributed by atoms with van der Waals surface area (Å²) < 4.78 is 5.26. The summed E-state index contributed by atoms with van der Waals surface area (Å²) in [6.45, 7) is 1.50. The number of para-hydroxylation sites is 1. The van der Waals surface area contributed by atoms with Gasteiger partial charge in [-0.05, 0) is 36.8 Å². The molecule has 0 aliphatic rings. The van der Waals surface area contributed by atoms with Crippen LogP contribution >= 0.6 is 23.2 Å². The van der Waals surface area contributed by atoms with Crippen LogP contribution in [0.1, 0.15) is 17.3 Å². The van der Waals surface area contributed by atoms with Crippen molar-refractivity contribution in [3.8, 4) is 11.1 Å². The van der Waals surface area contributed by atoms with Crippen LogP contribution < -0.4 is 5.32 Å². The Labute approximate surface area is 173 Å². The first-order chi connectivity index (χ1) is 13.5. The van der Waals surface area contributed by atoms with Crippen LogP contribution in [0.2, 0.25) is 10.0 Å². The molecule has 3 aromatic carbocycles. The van der Waals surface area contributed by atoms with Crippen LogP contribution in [0, 0.1) is 0 Å². The van der Waals surface area contributed by atoms with E-state index in [4.69, 9.17) is 27.9 Å². The number of rotatable bonds is 5. The smallest absolute Gasteiger partial charge is 0.340 e. The van der Waals surface area contributed by atoms with Crippen LogP contribution in [0.25, 0.3) is 11.1 Å². The minimum Gasteiger partial charge on any atom is -0.449 e. The molecule has 4 nitrogen and oxygen atoms in total. The normalized spacial score (nSPS) is 11.5. The van der Waals surface area contributed by atoms with Crippen molar-refractivity contribution in [2.45, 2.75) is 13.0 Å². The number of hydrogen-bond acceptors (Lipinski definition) is 3. The number of anilines is 1. The molecule has 0 fully saturated rings. The number of nitrogens with one attached hydrogen (secondary N) is 1. The standard InChI is InChI=1S/C22H17Cl2NO3/c1-14(28-22(27)18-13-16(23)11-12-19(18)24)21(26)25-20-10-6-5-9-17(20)15-7-3-2-4-8-15/h2-14H,1H3,(H,25,26). The molecule has 1 amide bonds. The van der Waals surface area contributed by atoms with Gasteiger partial charge in [0.25, 0.3) is 5.91 Å². The Hall–Kier alpha value is -2.82. The predicted octanol–water partition coefficient (Wildman–Crippen LogP) is 5.84. The van der Waals surface area contributed by atoms with E-state index in [1.165, 1.54) is 19.1 Å². The fourth-order valence-electron chi connectivity index (χ4n) is 2.63. The van der Waals surface area contributed by atoms with Gasteiger partial charge in [0, 0.05) is 16.3 Å². The van der Waals surface area contributed by atoms with Crippen LogP contribution in [-0.2, 0) is 9.53 Å². The van der Waals surface area contributed by atoms with Crippen molar-refractivity contribution < 1.29 is 14.3 Å². The predicted molar refractivity (Wildman–Crippen MR) is 112 cm³/mol. The Kier molecular flexibility index (Phi) is 6.34. The molecular weight excluding hydrogens is 397 g/mol. The number of esters is 1. The van der Waals surface area contributed by atoms with E-state index in [1.54, 1.807) is 12.1 Å². The van der Waals surface area contributed by atoms with E-state index in [1.807, 2.05) is 48.5 Å². The van der Waals surface area contributed by atoms with Gasteiger partial charge in [-0.15, -0.1) is 0 Å². The summed E-state index contributed by atoms with van der Waals surface area (Å²) in [4.78, 5) is 24.9. The number of hydrogen-bond donors (Lipinski definition) is 1. The molecule has 142 valence electrons. The molecule has 0 bridgehead atoms. The molecule has 28 heavy (non-hydrogen) atoms. The van der Waals surface area contributed by atoms with Crippen LogP contribution in [-0.4, -0.2) is 18.0 Å². The lowest BCUT2D eigenvalue weighted by Gasteiger charge is -2.16. The molecule has 3 rings (SSSR count). The Morgan fingerprint density at radius 1 is 0.929 bits per heavy atom. The molecule has 0 aliphatic carbocycles. The second-order valence-electron chi connectivity index (χ2n) is 6.07. The van der Waals surface area contributed by atoms with E-state index in [0.717, 1.165) is 11.1 Å². The zero-order valence-electron chi connectivity index (χ0n) is 15.0. The molecule has 6 heteroatoms. The van der Waals surface area contributed by atoms with E-state index in [0.29, 0.717) is 10.7 Å². The van der Waals surface area contributed by atoms with Gasteiger partial charge in [0.1, 0.15) is 0 Å². The molecule has 0 spiro atoms. The van der Waals surface area contributed by atoms with Crippen molar-refractivity contribution in [3.05, 3.63) is 88.4 Å². The van der Waals surface area contributed by atoms with Gasteiger partial charge in [-0.3, -0.25) is 4.79 Å². The number of halogens is 2. The molecule has 0 heterocycles. The highest BCUT2D eigenvalue weighted by atomic mass is 35.5. The quantitative estimate of drug-likeness (QED) is 0.534. The third kappa shape index (κ3) is 4.71. The average molecular weight is 414 g/mol. The fourth-order valence-corrected chi connectivity index (χ4v) is 2.99. The maximum Gasteiger partial charge on any atom is 0.340 e. The first kappa shape index (κ1) is 19.9. The van der Waals surface area contributed by atoms with Crippen molar-refractivity contribution in [3.63, 3.8) is 0 Å². The summed E-state index contributed by atoms with van der Waals surface area (Å²) in [5, 5.41) is 3.37. The Bertz CT molecular complexity index is 1010. The lowest BCUT2D eigenvalue weighted by Crippen LogP contribution is -2.30. The summed E-state index contributed by atoms with van der Waals surface area (Å²) >= 11 is 11.9. The largest absolute Gasteiger partial charge is 0.449 e. The third-order valence-corrected chi connectivity index (χ3v) is 4.64. The number of carbonyl (C=O) groups is 2. The monoisotopic (exact) mass is 413 g/mol. The van der Waals surface area contributed by atoms with Crippen LogP contribution in [0.3, 0.4) is 0 Å².